The molecule has 1 heterocycles. The van der Waals surface area contributed by atoms with Crippen LogP contribution in [-0.2, 0) is 10.0 Å². The van der Waals surface area contributed by atoms with E-state index in [4.69, 9.17) is 0 Å². The lowest BCUT2D eigenvalue weighted by molar-refractivity contribution is 0.582. The van der Waals surface area contributed by atoms with Crippen molar-refractivity contribution < 1.29 is 8.42 Å². The molecule has 2 rings (SSSR count). The SMILES string of the molecule is CCNS(=O)(=O)c1ccccc1N(C)C1CCNC1. The second-order valence-electron chi connectivity index (χ2n) is 4.73. The first kappa shape index (κ1) is 14.3. The van der Waals surface area contributed by atoms with Gasteiger partial charge < -0.3 is 10.2 Å². The van der Waals surface area contributed by atoms with E-state index < -0.39 is 10.0 Å². The summed E-state index contributed by atoms with van der Waals surface area (Å²) in [6.07, 6.45) is 1.03. The fourth-order valence-corrected chi connectivity index (χ4v) is 3.69. The summed E-state index contributed by atoms with van der Waals surface area (Å²) in [5.74, 6) is 0. The van der Waals surface area contributed by atoms with E-state index in [1.165, 1.54) is 0 Å². The molecule has 0 aliphatic carbocycles. The molecule has 1 saturated heterocycles. The van der Waals surface area contributed by atoms with Gasteiger partial charge in [0, 0.05) is 26.2 Å². The normalized spacial score (nSPS) is 19.6. The molecule has 1 aliphatic heterocycles. The third-order valence-electron chi connectivity index (χ3n) is 3.45. The van der Waals surface area contributed by atoms with E-state index in [1.54, 1.807) is 19.1 Å². The zero-order valence-corrected chi connectivity index (χ0v) is 12.2. The molecule has 1 unspecified atom stereocenters. The number of benzene rings is 1. The molecule has 1 aromatic carbocycles. The summed E-state index contributed by atoms with van der Waals surface area (Å²) < 4.78 is 27.0. The molecule has 0 bridgehead atoms. The fraction of sp³-hybridized carbons (Fsp3) is 0.538. The van der Waals surface area contributed by atoms with Gasteiger partial charge in [-0.05, 0) is 25.1 Å². The molecule has 0 spiro atoms. The van der Waals surface area contributed by atoms with Crippen LogP contribution >= 0.6 is 0 Å². The number of nitrogens with zero attached hydrogens (tertiary/aromatic N) is 1. The Morgan fingerprint density at radius 2 is 2.16 bits per heavy atom. The smallest absolute Gasteiger partial charge is 0.242 e. The first-order chi connectivity index (χ1) is 9.06. The van der Waals surface area contributed by atoms with E-state index in [9.17, 15) is 8.42 Å². The highest BCUT2D eigenvalue weighted by Crippen LogP contribution is 2.26. The number of anilines is 1. The predicted molar refractivity (Wildman–Crippen MR) is 77.0 cm³/mol. The lowest BCUT2D eigenvalue weighted by atomic mass is 10.2. The molecule has 106 valence electrons. The minimum Gasteiger partial charge on any atom is -0.369 e. The van der Waals surface area contributed by atoms with Gasteiger partial charge in [0.25, 0.3) is 0 Å². The summed E-state index contributed by atoms with van der Waals surface area (Å²) in [6.45, 7) is 4.05. The Balaban J connectivity index is 2.35. The summed E-state index contributed by atoms with van der Waals surface area (Å²) in [6, 6.07) is 7.50. The van der Waals surface area contributed by atoms with Crippen LogP contribution in [0.15, 0.2) is 29.2 Å². The number of sulfonamides is 1. The van der Waals surface area contributed by atoms with Gasteiger partial charge in [0.15, 0.2) is 0 Å². The Morgan fingerprint density at radius 3 is 2.79 bits per heavy atom. The van der Waals surface area contributed by atoms with Crippen molar-refractivity contribution in [2.45, 2.75) is 24.3 Å². The van der Waals surface area contributed by atoms with Crippen molar-refractivity contribution in [3.63, 3.8) is 0 Å². The molecule has 6 heteroatoms. The van der Waals surface area contributed by atoms with Gasteiger partial charge >= 0.3 is 0 Å². The molecule has 5 nitrogen and oxygen atoms in total. The van der Waals surface area contributed by atoms with Crippen molar-refractivity contribution in [3.05, 3.63) is 24.3 Å². The van der Waals surface area contributed by atoms with Crippen molar-refractivity contribution in [1.82, 2.24) is 10.0 Å². The third-order valence-corrected chi connectivity index (χ3v) is 5.04. The summed E-state index contributed by atoms with van der Waals surface area (Å²) in [4.78, 5) is 2.41. The standard InChI is InChI=1S/C13H21N3O2S/c1-3-15-19(17,18)13-7-5-4-6-12(13)16(2)11-8-9-14-10-11/h4-7,11,14-15H,3,8-10H2,1-2H3. The van der Waals surface area contributed by atoms with E-state index in [1.807, 2.05) is 19.2 Å². The van der Waals surface area contributed by atoms with Crippen molar-refractivity contribution in [2.75, 3.05) is 31.6 Å². The quantitative estimate of drug-likeness (QED) is 0.838. The minimum absolute atomic E-state index is 0.345. The zero-order valence-electron chi connectivity index (χ0n) is 11.4. The van der Waals surface area contributed by atoms with Crippen LogP contribution in [0.2, 0.25) is 0 Å². The summed E-state index contributed by atoms with van der Waals surface area (Å²) in [7, 11) is -1.47. The average Bonchev–Trinajstić information content (AvgIpc) is 2.92. The van der Waals surface area contributed by atoms with Crippen LogP contribution in [0.5, 0.6) is 0 Å². The van der Waals surface area contributed by atoms with Crippen molar-refractivity contribution in [3.8, 4) is 0 Å². The number of hydrogen-bond donors (Lipinski definition) is 2. The number of para-hydroxylation sites is 1. The van der Waals surface area contributed by atoms with Crippen molar-refractivity contribution in [1.29, 1.82) is 0 Å². The lowest BCUT2D eigenvalue weighted by Crippen LogP contribution is -2.35. The lowest BCUT2D eigenvalue weighted by Gasteiger charge is -2.28. The highest BCUT2D eigenvalue weighted by Gasteiger charge is 2.25. The summed E-state index contributed by atoms with van der Waals surface area (Å²) in [5.41, 5.74) is 0.761. The average molecular weight is 283 g/mol. The Kier molecular flexibility index (Phi) is 4.44. The van der Waals surface area contributed by atoms with Crippen LogP contribution in [-0.4, -0.2) is 41.1 Å². The molecule has 1 atom stereocenters. The van der Waals surface area contributed by atoms with E-state index in [-0.39, 0.29) is 0 Å². The molecule has 19 heavy (non-hydrogen) atoms. The van der Waals surface area contributed by atoms with Gasteiger partial charge in [0.05, 0.1) is 5.69 Å². The van der Waals surface area contributed by atoms with Gasteiger partial charge in [-0.3, -0.25) is 0 Å². The molecule has 0 radical (unpaired) electrons. The molecule has 2 N–H and O–H groups in total. The van der Waals surface area contributed by atoms with E-state index in [0.29, 0.717) is 17.5 Å². The Labute approximate surface area is 115 Å². The largest absolute Gasteiger partial charge is 0.369 e. The first-order valence-corrected chi connectivity index (χ1v) is 8.07. The van der Waals surface area contributed by atoms with Crippen molar-refractivity contribution >= 4 is 15.7 Å². The van der Waals surface area contributed by atoms with Gasteiger partial charge in [0.1, 0.15) is 4.90 Å². The fourth-order valence-electron chi connectivity index (χ4n) is 2.41. The molecule has 1 aromatic rings. The monoisotopic (exact) mass is 283 g/mol. The molecule has 1 aliphatic rings. The molecular formula is C13H21N3O2S. The molecule has 0 saturated carbocycles. The van der Waals surface area contributed by atoms with Gasteiger partial charge in [-0.15, -0.1) is 0 Å². The molecule has 1 fully saturated rings. The van der Waals surface area contributed by atoms with Gasteiger partial charge in [-0.25, -0.2) is 13.1 Å². The highest BCUT2D eigenvalue weighted by molar-refractivity contribution is 7.89. The number of nitrogens with one attached hydrogen (secondary N) is 2. The van der Waals surface area contributed by atoms with E-state index >= 15 is 0 Å². The Bertz CT molecular complexity index is 524. The summed E-state index contributed by atoms with van der Waals surface area (Å²) in [5, 5.41) is 3.30. The summed E-state index contributed by atoms with van der Waals surface area (Å²) >= 11 is 0. The van der Waals surface area contributed by atoms with Gasteiger partial charge in [-0.2, -0.15) is 0 Å². The van der Waals surface area contributed by atoms with E-state index in [2.05, 4.69) is 14.9 Å². The zero-order chi connectivity index (χ0) is 13.9. The minimum atomic E-state index is -3.43. The molecule has 0 amide bonds. The van der Waals surface area contributed by atoms with Gasteiger partial charge in [0.2, 0.25) is 10.0 Å². The second kappa shape index (κ2) is 5.90. The molecule has 0 aromatic heterocycles. The van der Waals surface area contributed by atoms with Crippen LogP contribution < -0.4 is 14.9 Å². The van der Waals surface area contributed by atoms with Crippen molar-refractivity contribution in [2.24, 2.45) is 0 Å². The molecular weight excluding hydrogens is 262 g/mol. The first-order valence-electron chi connectivity index (χ1n) is 6.58. The van der Waals surface area contributed by atoms with Crippen LogP contribution in [0.3, 0.4) is 0 Å². The van der Waals surface area contributed by atoms with Crippen LogP contribution in [0.4, 0.5) is 5.69 Å². The van der Waals surface area contributed by atoms with Gasteiger partial charge in [-0.1, -0.05) is 19.1 Å². The second-order valence-corrected chi connectivity index (χ2v) is 6.46. The Hall–Kier alpha value is -1.11. The van der Waals surface area contributed by atoms with E-state index in [0.717, 1.165) is 25.2 Å². The van der Waals surface area contributed by atoms with Crippen LogP contribution in [0.1, 0.15) is 13.3 Å². The number of likely N-dealkylation sites (N-methyl/N-ethyl adjacent to an activating group) is 1. The topological polar surface area (TPSA) is 61.4 Å². The maximum absolute atomic E-state index is 12.2. The predicted octanol–water partition coefficient (Wildman–Crippen LogP) is 0.783. The third kappa shape index (κ3) is 3.08. The highest BCUT2D eigenvalue weighted by atomic mass is 32.2. The van der Waals surface area contributed by atoms with Crippen LogP contribution in [0.25, 0.3) is 0 Å². The van der Waals surface area contributed by atoms with Crippen LogP contribution in [0, 0.1) is 0 Å². The maximum Gasteiger partial charge on any atom is 0.242 e. The maximum atomic E-state index is 12.2. The number of rotatable bonds is 5. The number of hydrogen-bond acceptors (Lipinski definition) is 4. The Morgan fingerprint density at radius 1 is 1.42 bits per heavy atom.